The van der Waals surface area contributed by atoms with Crippen molar-refractivity contribution in [2.45, 2.75) is 33.7 Å². The van der Waals surface area contributed by atoms with Crippen molar-refractivity contribution in [1.82, 2.24) is 10.2 Å². The van der Waals surface area contributed by atoms with Gasteiger partial charge in [-0.15, -0.1) is 0 Å². The highest BCUT2D eigenvalue weighted by atomic mass is 16.6. The minimum Gasteiger partial charge on any atom is -0.486 e. The SMILES string of the molecule is CCN(CC(=O)Nc1ccc2c(c1)OCCO2)C(=O)C(NC(=O)c1ccc(C)cc1)C(C)C. The number of carbonyl (C=O) groups is 3. The molecule has 1 aliphatic heterocycles. The Balaban J connectivity index is 1.64. The lowest BCUT2D eigenvalue weighted by Crippen LogP contribution is -2.52. The molecular formula is C25H31N3O5. The van der Waals surface area contributed by atoms with Crippen LogP contribution in [0.4, 0.5) is 5.69 Å². The first-order chi connectivity index (χ1) is 15.8. The van der Waals surface area contributed by atoms with E-state index in [0.717, 1.165) is 5.56 Å². The number of hydrogen-bond acceptors (Lipinski definition) is 5. The van der Waals surface area contributed by atoms with Gasteiger partial charge in [-0.05, 0) is 44.0 Å². The van der Waals surface area contributed by atoms with E-state index in [4.69, 9.17) is 9.47 Å². The normalized spacial score (nSPS) is 13.2. The molecule has 0 saturated heterocycles. The zero-order valence-corrected chi connectivity index (χ0v) is 19.5. The number of aryl methyl sites for hydroxylation is 1. The van der Waals surface area contributed by atoms with Crippen molar-refractivity contribution in [3.05, 3.63) is 53.6 Å². The number of carbonyl (C=O) groups excluding carboxylic acids is 3. The molecule has 0 saturated carbocycles. The maximum absolute atomic E-state index is 13.2. The Hall–Kier alpha value is -3.55. The molecular weight excluding hydrogens is 422 g/mol. The fourth-order valence-electron chi connectivity index (χ4n) is 3.48. The van der Waals surface area contributed by atoms with Crippen molar-refractivity contribution in [3.63, 3.8) is 0 Å². The van der Waals surface area contributed by atoms with E-state index >= 15 is 0 Å². The van der Waals surface area contributed by atoms with Gasteiger partial charge in [-0.25, -0.2) is 0 Å². The number of amides is 3. The molecule has 2 N–H and O–H groups in total. The van der Waals surface area contributed by atoms with E-state index in [1.54, 1.807) is 37.3 Å². The van der Waals surface area contributed by atoms with Crippen LogP contribution in [0.15, 0.2) is 42.5 Å². The first-order valence-electron chi connectivity index (χ1n) is 11.1. The van der Waals surface area contributed by atoms with Crippen molar-refractivity contribution in [3.8, 4) is 11.5 Å². The predicted molar refractivity (Wildman–Crippen MR) is 126 cm³/mol. The van der Waals surface area contributed by atoms with E-state index in [-0.39, 0.29) is 30.2 Å². The van der Waals surface area contributed by atoms with Crippen molar-refractivity contribution in [2.75, 3.05) is 31.6 Å². The topological polar surface area (TPSA) is 97.0 Å². The van der Waals surface area contributed by atoms with Crippen molar-refractivity contribution >= 4 is 23.4 Å². The second kappa shape index (κ2) is 10.8. The van der Waals surface area contributed by atoms with Gasteiger partial charge in [0.1, 0.15) is 19.3 Å². The lowest BCUT2D eigenvalue weighted by atomic mass is 10.0. The van der Waals surface area contributed by atoms with E-state index in [1.807, 2.05) is 32.9 Å². The zero-order chi connectivity index (χ0) is 24.0. The minimum atomic E-state index is -0.749. The molecule has 3 amide bonds. The second-order valence-electron chi connectivity index (χ2n) is 8.32. The summed E-state index contributed by atoms with van der Waals surface area (Å²) in [6.45, 7) is 8.61. The molecule has 176 valence electrons. The van der Waals surface area contributed by atoms with Crippen molar-refractivity contribution in [2.24, 2.45) is 5.92 Å². The smallest absolute Gasteiger partial charge is 0.251 e. The molecule has 3 rings (SSSR count). The van der Waals surface area contributed by atoms with Crippen LogP contribution in [0.3, 0.4) is 0 Å². The van der Waals surface area contributed by atoms with E-state index < -0.39 is 6.04 Å². The summed E-state index contributed by atoms with van der Waals surface area (Å²) in [5.74, 6) is 0.0926. The van der Waals surface area contributed by atoms with Gasteiger partial charge in [-0.3, -0.25) is 14.4 Å². The van der Waals surface area contributed by atoms with Crippen LogP contribution < -0.4 is 20.1 Å². The second-order valence-corrected chi connectivity index (χ2v) is 8.32. The summed E-state index contributed by atoms with van der Waals surface area (Å²) < 4.78 is 11.0. The third-order valence-electron chi connectivity index (χ3n) is 5.39. The number of nitrogens with one attached hydrogen (secondary N) is 2. The largest absolute Gasteiger partial charge is 0.486 e. The Bertz CT molecular complexity index is 1000. The van der Waals surface area contributed by atoms with Crippen LogP contribution in [0.25, 0.3) is 0 Å². The monoisotopic (exact) mass is 453 g/mol. The molecule has 0 aromatic heterocycles. The third-order valence-corrected chi connectivity index (χ3v) is 5.39. The summed E-state index contributed by atoms with van der Waals surface area (Å²) >= 11 is 0. The van der Waals surface area contributed by atoms with Gasteiger partial charge in [-0.2, -0.15) is 0 Å². The quantitative estimate of drug-likeness (QED) is 0.641. The maximum atomic E-state index is 13.2. The molecule has 1 heterocycles. The molecule has 1 atom stereocenters. The van der Waals surface area contributed by atoms with Crippen LogP contribution in [0.5, 0.6) is 11.5 Å². The third kappa shape index (κ3) is 6.25. The average Bonchev–Trinajstić information content (AvgIpc) is 2.80. The van der Waals surface area contributed by atoms with Crippen LogP contribution in [0.1, 0.15) is 36.7 Å². The number of hydrogen-bond donors (Lipinski definition) is 2. The summed E-state index contributed by atoms with van der Waals surface area (Å²) in [5, 5.41) is 5.63. The van der Waals surface area contributed by atoms with E-state index in [1.165, 1.54) is 4.90 Å². The molecule has 0 aliphatic carbocycles. The molecule has 0 fully saturated rings. The molecule has 0 radical (unpaired) electrons. The van der Waals surface area contributed by atoms with E-state index in [2.05, 4.69) is 10.6 Å². The first kappa shape index (κ1) is 24.1. The van der Waals surface area contributed by atoms with Gasteiger partial charge < -0.3 is 25.0 Å². The summed E-state index contributed by atoms with van der Waals surface area (Å²) in [6, 6.07) is 11.6. The lowest BCUT2D eigenvalue weighted by Gasteiger charge is -2.28. The highest BCUT2D eigenvalue weighted by Gasteiger charge is 2.29. The Morgan fingerprint density at radius 2 is 1.67 bits per heavy atom. The van der Waals surface area contributed by atoms with E-state index in [0.29, 0.717) is 42.5 Å². The molecule has 0 bridgehead atoms. The van der Waals surface area contributed by atoms with Gasteiger partial charge in [0, 0.05) is 23.9 Å². The lowest BCUT2D eigenvalue weighted by molar-refractivity contribution is -0.137. The van der Waals surface area contributed by atoms with Crippen LogP contribution in [0.2, 0.25) is 0 Å². The van der Waals surface area contributed by atoms with Gasteiger partial charge in [0.2, 0.25) is 11.8 Å². The number of nitrogens with zero attached hydrogens (tertiary/aromatic N) is 1. The highest BCUT2D eigenvalue weighted by molar-refractivity contribution is 5.99. The fraction of sp³-hybridized carbons (Fsp3) is 0.400. The zero-order valence-electron chi connectivity index (χ0n) is 19.5. The van der Waals surface area contributed by atoms with Gasteiger partial charge in [0.15, 0.2) is 11.5 Å². The van der Waals surface area contributed by atoms with Gasteiger partial charge in [0.05, 0.1) is 6.54 Å². The van der Waals surface area contributed by atoms with Crippen LogP contribution in [0, 0.1) is 12.8 Å². The average molecular weight is 454 g/mol. The summed E-state index contributed by atoms with van der Waals surface area (Å²) in [6.07, 6.45) is 0. The molecule has 0 spiro atoms. The standard InChI is InChI=1S/C25H31N3O5/c1-5-28(15-22(29)26-19-10-11-20-21(14-19)33-13-12-32-20)25(31)23(16(2)3)27-24(30)18-8-6-17(4)7-9-18/h6-11,14,16,23H,5,12-13,15H2,1-4H3,(H,26,29)(H,27,30). The molecule has 8 nitrogen and oxygen atoms in total. The van der Waals surface area contributed by atoms with Gasteiger partial charge in [-0.1, -0.05) is 31.5 Å². The number of likely N-dealkylation sites (N-methyl/N-ethyl adjacent to an activating group) is 1. The maximum Gasteiger partial charge on any atom is 0.251 e. The Morgan fingerprint density at radius 1 is 1.00 bits per heavy atom. The molecule has 2 aromatic carbocycles. The van der Waals surface area contributed by atoms with Crippen LogP contribution in [-0.2, 0) is 9.59 Å². The summed E-state index contributed by atoms with van der Waals surface area (Å²) in [7, 11) is 0. The molecule has 2 aromatic rings. The number of ether oxygens (including phenoxy) is 2. The van der Waals surface area contributed by atoms with E-state index in [9.17, 15) is 14.4 Å². The number of benzene rings is 2. The number of anilines is 1. The molecule has 8 heteroatoms. The van der Waals surface area contributed by atoms with Gasteiger partial charge in [0.25, 0.3) is 5.91 Å². The molecule has 33 heavy (non-hydrogen) atoms. The fourth-order valence-corrected chi connectivity index (χ4v) is 3.48. The minimum absolute atomic E-state index is 0.132. The predicted octanol–water partition coefficient (Wildman–Crippen LogP) is 3.01. The van der Waals surface area contributed by atoms with Crippen molar-refractivity contribution in [1.29, 1.82) is 0 Å². The summed E-state index contributed by atoms with van der Waals surface area (Å²) in [5.41, 5.74) is 2.09. The van der Waals surface area contributed by atoms with Crippen LogP contribution >= 0.6 is 0 Å². The molecule has 1 aliphatic rings. The van der Waals surface area contributed by atoms with Crippen molar-refractivity contribution < 1.29 is 23.9 Å². The highest BCUT2D eigenvalue weighted by Crippen LogP contribution is 2.32. The van der Waals surface area contributed by atoms with Crippen LogP contribution in [-0.4, -0.2) is 55.0 Å². The summed E-state index contributed by atoms with van der Waals surface area (Å²) in [4.78, 5) is 40.0. The first-order valence-corrected chi connectivity index (χ1v) is 11.1. The number of fused-ring (bicyclic) bond motifs is 1. The Labute approximate surface area is 194 Å². The Kier molecular flexibility index (Phi) is 7.92. The number of rotatable bonds is 8. The Morgan fingerprint density at radius 3 is 2.30 bits per heavy atom. The molecule has 1 unspecified atom stereocenters. The van der Waals surface area contributed by atoms with Gasteiger partial charge >= 0.3 is 0 Å².